The molecule has 1 aliphatic heterocycles. The summed E-state index contributed by atoms with van der Waals surface area (Å²) in [5.74, 6) is 0. The van der Waals surface area contributed by atoms with Crippen LogP contribution in [0.2, 0.25) is 0 Å². The Balaban J connectivity index is 2.81. The highest BCUT2D eigenvalue weighted by molar-refractivity contribution is 7.89. The average Bonchev–Trinajstić information content (AvgIpc) is 2.35. The fourth-order valence-corrected chi connectivity index (χ4v) is 3.57. The van der Waals surface area contributed by atoms with E-state index in [2.05, 4.69) is 0 Å². The number of sulfonamides is 1. The molecule has 1 fully saturated rings. The number of piperazine rings is 1. The van der Waals surface area contributed by atoms with Gasteiger partial charge in [0.05, 0.1) is 11.3 Å². The van der Waals surface area contributed by atoms with Gasteiger partial charge in [0.2, 0.25) is 10.0 Å². The van der Waals surface area contributed by atoms with E-state index in [0.29, 0.717) is 6.54 Å². The van der Waals surface area contributed by atoms with Crippen molar-refractivity contribution in [3.63, 3.8) is 0 Å². The number of ether oxygens (including phenoxy) is 1. The minimum Gasteiger partial charge on any atom is -0.444 e. The van der Waals surface area contributed by atoms with Crippen molar-refractivity contribution >= 4 is 16.1 Å². The summed E-state index contributed by atoms with van der Waals surface area (Å²) in [7, 11) is -3.37. The van der Waals surface area contributed by atoms with Crippen molar-refractivity contribution in [1.82, 2.24) is 9.21 Å². The molecule has 0 spiro atoms. The third kappa shape index (κ3) is 4.55. The Morgan fingerprint density at radius 3 is 2.33 bits per heavy atom. The molecular weight excluding hydrogens is 294 g/mol. The second-order valence-corrected chi connectivity index (χ2v) is 8.96. The van der Waals surface area contributed by atoms with Crippen LogP contribution in [0.15, 0.2) is 0 Å². The van der Waals surface area contributed by atoms with Crippen LogP contribution in [0.3, 0.4) is 0 Å². The summed E-state index contributed by atoms with van der Waals surface area (Å²) in [6.45, 7) is 9.67. The van der Waals surface area contributed by atoms with E-state index >= 15 is 0 Å². The van der Waals surface area contributed by atoms with Gasteiger partial charge < -0.3 is 15.4 Å². The first-order chi connectivity index (χ1) is 9.49. The first-order valence-corrected chi connectivity index (χ1v) is 8.68. The quantitative estimate of drug-likeness (QED) is 0.822. The summed E-state index contributed by atoms with van der Waals surface area (Å²) in [5.41, 5.74) is 5.12. The van der Waals surface area contributed by atoms with Gasteiger partial charge in [0.15, 0.2) is 0 Å². The first-order valence-electron chi connectivity index (χ1n) is 7.17. The average molecular weight is 321 g/mol. The highest BCUT2D eigenvalue weighted by Gasteiger charge is 2.38. The van der Waals surface area contributed by atoms with Crippen LogP contribution >= 0.6 is 0 Å². The molecular formula is C13H27N3O4S. The van der Waals surface area contributed by atoms with Crippen molar-refractivity contribution in [3.8, 4) is 0 Å². The van der Waals surface area contributed by atoms with Gasteiger partial charge in [-0.05, 0) is 34.6 Å². The molecule has 0 aromatic carbocycles. The molecule has 1 atom stereocenters. The number of hydrogen-bond acceptors (Lipinski definition) is 5. The molecule has 1 heterocycles. The van der Waals surface area contributed by atoms with E-state index in [0.717, 1.165) is 0 Å². The van der Waals surface area contributed by atoms with E-state index < -0.39 is 33.0 Å². The van der Waals surface area contributed by atoms with Gasteiger partial charge in [0.25, 0.3) is 0 Å². The SMILES string of the molecule is CC(C)S(=O)(=O)N1CCN(C(=O)OC(C)(C)C)CC1CN. The predicted octanol–water partition coefficient (Wildman–Crippen LogP) is 0.605. The minimum atomic E-state index is -3.37. The van der Waals surface area contributed by atoms with Gasteiger partial charge in [0.1, 0.15) is 5.60 Å². The molecule has 0 bridgehead atoms. The summed E-state index contributed by atoms with van der Waals surface area (Å²) in [5, 5.41) is -0.500. The maximum absolute atomic E-state index is 12.3. The normalized spacial score (nSPS) is 21.7. The molecule has 124 valence electrons. The van der Waals surface area contributed by atoms with Crippen LogP contribution in [0.25, 0.3) is 0 Å². The number of carbonyl (C=O) groups excluding carboxylic acids is 1. The lowest BCUT2D eigenvalue weighted by atomic mass is 10.2. The van der Waals surface area contributed by atoms with Crippen LogP contribution in [0.5, 0.6) is 0 Å². The Morgan fingerprint density at radius 2 is 1.90 bits per heavy atom. The zero-order valence-corrected chi connectivity index (χ0v) is 14.3. The van der Waals surface area contributed by atoms with Crippen LogP contribution in [-0.4, -0.2) is 66.8 Å². The van der Waals surface area contributed by atoms with Crippen molar-refractivity contribution in [2.75, 3.05) is 26.2 Å². The predicted molar refractivity (Wildman–Crippen MR) is 81.4 cm³/mol. The van der Waals surface area contributed by atoms with Gasteiger partial charge in [-0.25, -0.2) is 13.2 Å². The van der Waals surface area contributed by atoms with Crippen LogP contribution in [-0.2, 0) is 14.8 Å². The lowest BCUT2D eigenvalue weighted by Gasteiger charge is -2.41. The van der Waals surface area contributed by atoms with Crippen molar-refractivity contribution in [2.45, 2.75) is 51.5 Å². The molecule has 0 aromatic rings. The fourth-order valence-electron chi connectivity index (χ4n) is 2.13. The molecule has 2 N–H and O–H groups in total. The smallest absolute Gasteiger partial charge is 0.410 e. The molecule has 8 heteroatoms. The Kier molecular flexibility index (Phi) is 5.63. The van der Waals surface area contributed by atoms with Gasteiger partial charge >= 0.3 is 6.09 Å². The van der Waals surface area contributed by atoms with E-state index in [4.69, 9.17) is 10.5 Å². The maximum Gasteiger partial charge on any atom is 0.410 e. The summed E-state index contributed by atoms with van der Waals surface area (Å²) >= 11 is 0. The molecule has 0 saturated carbocycles. The molecule has 1 rings (SSSR count). The number of nitrogens with zero attached hydrogens (tertiary/aromatic N) is 2. The summed E-state index contributed by atoms with van der Waals surface area (Å²) < 4.78 is 31.3. The van der Waals surface area contributed by atoms with E-state index in [1.54, 1.807) is 34.6 Å². The number of carbonyl (C=O) groups is 1. The molecule has 1 saturated heterocycles. The van der Waals surface area contributed by atoms with Gasteiger partial charge in [0, 0.05) is 26.2 Å². The molecule has 1 aliphatic rings. The first kappa shape index (κ1) is 18.2. The zero-order valence-electron chi connectivity index (χ0n) is 13.5. The molecule has 7 nitrogen and oxygen atoms in total. The fraction of sp³-hybridized carbons (Fsp3) is 0.923. The monoisotopic (exact) mass is 321 g/mol. The Hall–Kier alpha value is -0.860. The second kappa shape index (κ2) is 6.50. The van der Waals surface area contributed by atoms with E-state index in [9.17, 15) is 13.2 Å². The summed E-state index contributed by atoms with van der Waals surface area (Å²) in [6.07, 6.45) is -0.428. The molecule has 0 radical (unpaired) electrons. The van der Waals surface area contributed by atoms with Crippen molar-refractivity contribution in [3.05, 3.63) is 0 Å². The van der Waals surface area contributed by atoms with E-state index in [1.165, 1.54) is 9.21 Å². The molecule has 1 amide bonds. The number of amides is 1. The summed E-state index contributed by atoms with van der Waals surface area (Å²) in [6, 6.07) is -0.404. The Labute approximate surface area is 127 Å². The Morgan fingerprint density at radius 1 is 1.33 bits per heavy atom. The van der Waals surface area contributed by atoms with E-state index in [1.807, 2.05) is 0 Å². The Bertz CT molecular complexity index is 470. The van der Waals surface area contributed by atoms with E-state index in [-0.39, 0.29) is 19.6 Å². The molecule has 0 aromatic heterocycles. The van der Waals surface area contributed by atoms with Crippen LogP contribution in [0.4, 0.5) is 4.79 Å². The lowest BCUT2D eigenvalue weighted by molar-refractivity contribution is 0.0137. The topological polar surface area (TPSA) is 92.9 Å². The number of hydrogen-bond donors (Lipinski definition) is 1. The van der Waals surface area contributed by atoms with Gasteiger partial charge in [-0.15, -0.1) is 0 Å². The van der Waals surface area contributed by atoms with Crippen LogP contribution in [0, 0.1) is 0 Å². The largest absolute Gasteiger partial charge is 0.444 e. The highest BCUT2D eigenvalue weighted by atomic mass is 32.2. The third-order valence-corrected chi connectivity index (χ3v) is 5.60. The van der Waals surface area contributed by atoms with Crippen molar-refractivity contribution in [1.29, 1.82) is 0 Å². The molecule has 0 aliphatic carbocycles. The lowest BCUT2D eigenvalue weighted by Crippen LogP contribution is -2.60. The van der Waals surface area contributed by atoms with Gasteiger partial charge in [-0.2, -0.15) is 4.31 Å². The third-order valence-electron chi connectivity index (χ3n) is 3.28. The van der Waals surface area contributed by atoms with Gasteiger partial charge in [-0.1, -0.05) is 0 Å². The molecule has 1 unspecified atom stereocenters. The maximum atomic E-state index is 12.3. The molecule has 21 heavy (non-hydrogen) atoms. The van der Waals surface area contributed by atoms with Crippen LogP contribution < -0.4 is 5.73 Å². The number of nitrogens with two attached hydrogens (primary N) is 1. The van der Waals surface area contributed by atoms with Crippen molar-refractivity contribution < 1.29 is 17.9 Å². The zero-order chi connectivity index (χ0) is 16.4. The highest BCUT2D eigenvalue weighted by Crippen LogP contribution is 2.19. The van der Waals surface area contributed by atoms with Crippen molar-refractivity contribution in [2.24, 2.45) is 5.73 Å². The standard InChI is InChI=1S/C13H27N3O4S/c1-10(2)21(18,19)16-7-6-15(9-11(16)8-14)12(17)20-13(3,4)5/h10-11H,6-9,14H2,1-5H3. The summed E-state index contributed by atoms with van der Waals surface area (Å²) in [4.78, 5) is 13.6. The van der Waals surface area contributed by atoms with Crippen LogP contribution in [0.1, 0.15) is 34.6 Å². The van der Waals surface area contributed by atoms with Gasteiger partial charge in [-0.3, -0.25) is 0 Å². The second-order valence-electron chi connectivity index (χ2n) is 6.52. The minimum absolute atomic E-state index is 0.172. The number of rotatable bonds is 3.